The smallest absolute Gasteiger partial charge is 0.124 e. The lowest BCUT2D eigenvalue weighted by atomic mass is 10.1. The number of hydrogen-bond donors (Lipinski definition) is 1. The van der Waals surface area contributed by atoms with Crippen LogP contribution in [0.25, 0.3) is 0 Å². The standard InChI is InChI=1S/C10H18N2OS/c1-5-7(11)8-6-14-9(12-8)10(2,3)13-4/h6-7H,5,11H2,1-4H3. The Kier molecular flexibility index (Phi) is 3.64. The summed E-state index contributed by atoms with van der Waals surface area (Å²) in [6.07, 6.45) is 0.913. The van der Waals surface area contributed by atoms with Crippen molar-refractivity contribution in [2.24, 2.45) is 5.73 Å². The van der Waals surface area contributed by atoms with E-state index in [1.165, 1.54) is 0 Å². The first-order valence-electron chi connectivity index (χ1n) is 4.78. The summed E-state index contributed by atoms with van der Waals surface area (Å²) in [6, 6.07) is 0.0488. The minimum Gasteiger partial charge on any atom is -0.372 e. The highest BCUT2D eigenvalue weighted by Crippen LogP contribution is 2.28. The first-order valence-corrected chi connectivity index (χ1v) is 5.66. The second kappa shape index (κ2) is 4.38. The summed E-state index contributed by atoms with van der Waals surface area (Å²) >= 11 is 1.61. The third-order valence-corrected chi connectivity index (χ3v) is 3.53. The Hall–Kier alpha value is -0.450. The van der Waals surface area contributed by atoms with Crippen LogP contribution >= 0.6 is 11.3 Å². The molecule has 0 fully saturated rings. The van der Waals surface area contributed by atoms with E-state index in [2.05, 4.69) is 11.9 Å². The molecule has 1 atom stereocenters. The average Bonchev–Trinajstić information content (AvgIpc) is 2.66. The summed E-state index contributed by atoms with van der Waals surface area (Å²) in [5.74, 6) is 0. The Labute approximate surface area is 89.3 Å². The fourth-order valence-corrected chi connectivity index (χ4v) is 2.01. The van der Waals surface area contributed by atoms with Gasteiger partial charge in [-0.2, -0.15) is 0 Å². The molecule has 3 nitrogen and oxygen atoms in total. The fraction of sp³-hybridized carbons (Fsp3) is 0.700. The van der Waals surface area contributed by atoms with Gasteiger partial charge in [0, 0.05) is 18.5 Å². The molecule has 0 saturated heterocycles. The summed E-state index contributed by atoms with van der Waals surface area (Å²) < 4.78 is 5.36. The molecule has 14 heavy (non-hydrogen) atoms. The summed E-state index contributed by atoms with van der Waals surface area (Å²) in [5.41, 5.74) is 6.56. The van der Waals surface area contributed by atoms with Crippen LogP contribution in [0.2, 0.25) is 0 Å². The number of hydrogen-bond acceptors (Lipinski definition) is 4. The quantitative estimate of drug-likeness (QED) is 0.837. The van der Waals surface area contributed by atoms with Crippen molar-refractivity contribution < 1.29 is 4.74 Å². The fourth-order valence-electron chi connectivity index (χ4n) is 1.03. The van der Waals surface area contributed by atoms with Gasteiger partial charge in [0.05, 0.1) is 5.69 Å². The molecule has 1 aromatic heterocycles. The summed E-state index contributed by atoms with van der Waals surface area (Å²) in [5, 5.41) is 3.00. The van der Waals surface area contributed by atoms with Crippen LogP contribution in [0.1, 0.15) is 43.9 Å². The van der Waals surface area contributed by atoms with E-state index in [1.54, 1.807) is 18.4 Å². The number of rotatable bonds is 4. The molecule has 0 bridgehead atoms. The van der Waals surface area contributed by atoms with Gasteiger partial charge in [-0.05, 0) is 20.3 Å². The van der Waals surface area contributed by atoms with E-state index in [0.29, 0.717) is 0 Å². The molecule has 0 saturated carbocycles. The van der Waals surface area contributed by atoms with Crippen molar-refractivity contribution in [3.63, 3.8) is 0 Å². The van der Waals surface area contributed by atoms with Crippen LogP contribution in [-0.4, -0.2) is 12.1 Å². The largest absolute Gasteiger partial charge is 0.372 e. The second-order valence-corrected chi connectivity index (χ2v) is 4.66. The first kappa shape index (κ1) is 11.6. The van der Waals surface area contributed by atoms with Gasteiger partial charge >= 0.3 is 0 Å². The van der Waals surface area contributed by atoms with Crippen LogP contribution in [0.5, 0.6) is 0 Å². The van der Waals surface area contributed by atoms with Gasteiger partial charge < -0.3 is 10.5 Å². The molecule has 80 valence electrons. The molecular weight excluding hydrogens is 196 g/mol. The van der Waals surface area contributed by atoms with Crippen molar-refractivity contribution in [2.45, 2.75) is 38.8 Å². The van der Waals surface area contributed by atoms with Gasteiger partial charge in [0.2, 0.25) is 0 Å². The van der Waals surface area contributed by atoms with Crippen molar-refractivity contribution in [1.29, 1.82) is 0 Å². The van der Waals surface area contributed by atoms with E-state index in [4.69, 9.17) is 10.5 Å². The van der Waals surface area contributed by atoms with E-state index in [-0.39, 0.29) is 11.6 Å². The van der Waals surface area contributed by atoms with Crippen LogP contribution < -0.4 is 5.73 Å². The third kappa shape index (κ3) is 2.32. The van der Waals surface area contributed by atoms with Crippen LogP contribution in [0, 0.1) is 0 Å². The Bertz CT molecular complexity index is 296. The minimum atomic E-state index is -0.309. The lowest BCUT2D eigenvalue weighted by Crippen LogP contribution is -2.19. The van der Waals surface area contributed by atoms with E-state index in [0.717, 1.165) is 17.1 Å². The lowest BCUT2D eigenvalue weighted by Gasteiger charge is -2.19. The molecule has 4 heteroatoms. The van der Waals surface area contributed by atoms with E-state index >= 15 is 0 Å². The lowest BCUT2D eigenvalue weighted by molar-refractivity contribution is 0.0189. The summed E-state index contributed by atoms with van der Waals surface area (Å²) in [4.78, 5) is 4.49. The van der Waals surface area contributed by atoms with Gasteiger partial charge in [0.1, 0.15) is 10.6 Å². The van der Waals surface area contributed by atoms with Crippen molar-refractivity contribution in [3.8, 4) is 0 Å². The molecule has 0 radical (unpaired) electrons. The average molecular weight is 214 g/mol. The number of methoxy groups -OCH3 is 1. The minimum absolute atomic E-state index is 0.0488. The number of thiazole rings is 1. The molecule has 0 spiro atoms. The van der Waals surface area contributed by atoms with Gasteiger partial charge in [0.25, 0.3) is 0 Å². The zero-order valence-electron chi connectivity index (χ0n) is 9.20. The van der Waals surface area contributed by atoms with Gasteiger partial charge in [-0.1, -0.05) is 6.92 Å². The number of ether oxygens (including phenoxy) is 1. The Balaban J connectivity index is 2.88. The molecular formula is C10H18N2OS. The van der Waals surface area contributed by atoms with E-state index in [9.17, 15) is 0 Å². The zero-order chi connectivity index (χ0) is 10.8. The van der Waals surface area contributed by atoms with Crippen molar-refractivity contribution in [3.05, 3.63) is 16.1 Å². The molecule has 0 aromatic carbocycles. The predicted octanol–water partition coefficient (Wildman–Crippen LogP) is 2.43. The number of nitrogens with two attached hydrogens (primary N) is 1. The predicted molar refractivity (Wildman–Crippen MR) is 59.4 cm³/mol. The van der Waals surface area contributed by atoms with Crippen molar-refractivity contribution >= 4 is 11.3 Å². The second-order valence-electron chi connectivity index (χ2n) is 3.81. The van der Waals surface area contributed by atoms with Gasteiger partial charge in [-0.3, -0.25) is 0 Å². The molecule has 1 rings (SSSR count). The van der Waals surface area contributed by atoms with Gasteiger partial charge in [-0.25, -0.2) is 4.98 Å². The highest BCUT2D eigenvalue weighted by molar-refractivity contribution is 7.09. The van der Waals surface area contributed by atoms with E-state index < -0.39 is 0 Å². The first-order chi connectivity index (χ1) is 6.51. The normalized spacial score (nSPS) is 14.4. The molecule has 1 heterocycles. The topological polar surface area (TPSA) is 48.1 Å². The molecule has 0 amide bonds. The summed E-state index contributed by atoms with van der Waals surface area (Å²) in [7, 11) is 1.70. The zero-order valence-corrected chi connectivity index (χ0v) is 10.0. The maximum absolute atomic E-state index is 5.90. The molecule has 2 N–H and O–H groups in total. The molecule has 0 aliphatic rings. The van der Waals surface area contributed by atoms with Crippen LogP contribution in [-0.2, 0) is 10.3 Å². The van der Waals surface area contributed by atoms with Crippen LogP contribution in [0.3, 0.4) is 0 Å². The molecule has 1 unspecified atom stereocenters. The Morgan fingerprint density at radius 2 is 2.29 bits per heavy atom. The molecule has 1 aromatic rings. The molecule has 0 aliphatic carbocycles. The third-order valence-electron chi connectivity index (χ3n) is 2.37. The summed E-state index contributed by atoms with van der Waals surface area (Å²) in [6.45, 7) is 6.07. The van der Waals surface area contributed by atoms with Crippen molar-refractivity contribution in [2.75, 3.05) is 7.11 Å². The number of aromatic nitrogens is 1. The molecule has 0 aliphatic heterocycles. The monoisotopic (exact) mass is 214 g/mol. The Morgan fingerprint density at radius 1 is 1.64 bits per heavy atom. The van der Waals surface area contributed by atoms with Crippen LogP contribution in [0.4, 0.5) is 0 Å². The van der Waals surface area contributed by atoms with Gasteiger partial charge in [0.15, 0.2) is 0 Å². The SMILES string of the molecule is CCC(N)c1csc(C(C)(C)OC)n1. The van der Waals surface area contributed by atoms with Gasteiger partial charge in [-0.15, -0.1) is 11.3 Å². The Morgan fingerprint density at radius 3 is 2.79 bits per heavy atom. The van der Waals surface area contributed by atoms with Crippen molar-refractivity contribution in [1.82, 2.24) is 4.98 Å². The highest BCUT2D eigenvalue weighted by atomic mass is 32.1. The maximum Gasteiger partial charge on any atom is 0.124 e. The van der Waals surface area contributed by atoms with Crippen LogP contribution in [0.15, 0.2) is 5.38 Å². The maximum atomic E-state index is 5.90. The van der Waals surface area contributed by atoms with E-state index in [1.807, 2.05) is 19.2 Å². The number of nitrogens with zero attached hydrogens (tertiary/aromatic N) is 1. The highest BCUT2D eigenvalue weighted by Gasteiger charge is 2.24.